The molecule has 4 aliphatic carbocycles. The average Bonchev–Trinajstić information content (AvgIpc) is 3.13. The van der Waals surface area contributed by atoms with Crippen LogP contribution < -0.4 is 0 Å². The van der Waals surface area contributed by atoms with E-state index < -0.39 is 0 Å². The molecule has 4 rings (SSSR count). The molecule has 0 aromatic heterocycles. The molecule has 7 atom stereocenters. The molecule has 0 radical (unpaired) electrons. The lowest BCUT2D eigenvalue weighted by Crippen LogP contribution is -2.46. The molecular weight excluding hydrogens is 428 g/mol. The van der Waals surface area contributed by atoms with Gasteiger partial charge in [-0.1, -0.05) is 83.4 Å². The van der Waals surface area contributed by atoms with Crippen LogP contribution in [-0.2, 0) is 9.53 Å². The van der Waals surface area contributed by atoms with Crippen molar-refractivity contribution in [3.05, 3.63) is 34.9 Å². The molecule has 0 N–H and O–H groups in total. The number of carbonyl (C=O) groups is 1. The number of ether oxygens (including phenoxy) is 1. The molecule has 196 valence electrons. The molecule has 2 nitrogen and oxygen atoms in total. The van der Waals surface area contributed by atoms with Crippen molar-refractivity contribution in [2.75, 3.05) is 0 Å². The highest BCUT2D eigenvalue weighted by molar-refractivity contribution is 5.66. The summed E-state index contributed by atoms with van der Waals surface area (Å²) < 4.78 is 5.62. The van der Waals surface area contributed by atoms with Gasteiger partial charge in [-0.25, -0.2) is 0 Å². The molecule has 0 spiro atoms. The summed E-state index contributed by atoms with van der Waals surface area (Å²) in [5, 5.41) is 0. The first-order valence-electron chi connectivity index (χ1n) is 14.7. The number of carbonyl (C=O) groups excluding carboxylic acids is 1. The van der Waals surface area contributed by atoms with Crippen molar-refractivity contribution in [3.63, 3.8) is 0 Å². The molecule has 4 aliphatic rings. The largest absolute Gasteiger partial charge is 0.462 e. The van der Waals surface area contributed by atoms with E-state index in [0.717, 1.165) is 37.0 Å². The van der Waals surface area contributed by atoms with Crippen LogP contribution in [0.2, 0.25) is 0 Å². The Bertz CT molecular complexity index is 889. The normalized spacial score (nSPS) is 37.8. The Balaban J connectivity index is 1.49. The minimum Gasteiger partial charge on any atom is -0.462 e. The Morgan fingerprint density at radius 2 is 1.77 bits per heavy atom. The van der Waals surface area contributed by atoms with Gasteiger partial charge >= 0.3 is 5.97 Å². The smallest absolute Gasteiger partial charge is 0.302 e. The van der Waals surface area contributed by atoms with E-state index in [2.05, 4.69) is 66.7 Å². The number of hydrogen-bond acceptors (Lipinski definition) is 2. The molecule has 3 fully saturated rings. The van der Waals surface area contributed by atoms with Crippen molar-refractivity contribution in [2.24, 2.45) is 46.3 Å². The topological polar surface area (TPSA) is 26.3 Å². The lowest BCUT2D eigenvalue weighted by molar-refractivity contribution is -0.148. The highest BCUT2D eigenvalue weighted by Gasteiger charge is 2.57. The zero-order chi connectivity index (χ0) is 25.5. The molecule has 0 bridgehead atoms. The maximum Gasteiger partial charge on any atom is 0.302 e. The van der Waals surface area contributed by atoms with E-state index in [0.29, 0.717) is 23.2 Å². The summed E-state index contributed by atoms with van der Waals surface area (Å²) in [7, 11) is 0. The van der Waals surface area contributed by atoms with Crippen molar-refractivity contribution in [3.8, 4) is 0 Å². The van der Waals surface area contributed by atoms with E-state index in [4.69, 9.17) is 4.74 Å². The van der Waals surface area contributed by atoms with Gasteiger partial charge in [-0.05, 0) is 97.7 Å². The average molecular weight is 481 g/mol. The van der Waals surface area contributed by atoms with E-state index in [-0.39, 0.29) is 17.5 Å². The third-order valence-corrected chi connectivity index (χ3v) is 10.8. The van der Waals surface area contributed by atoms with Gasteiger partial charge in [0, 0.05) is 13.3 Å². The number of esters is 1. The predicted octanol–water partition coefficient (Wildman–Crippen LogP) is 9.07. The molecule has 0 aromatic carbocycles. The van der Waals surface area contributed by atoms with Gasteiger partial charge in [0.1, 0.15) is 6.10 Å². The monoisotopic (exact) mass is 480 g/mol. The molecule has 0 heterocycles. The van der Waals surface area contributed by atoms with Crippen molar-refractivity contribution in [2.45, 2.75) is 119 Å². The van der Waals surface area contributed by atoms with E-state index in [1.54, 1.807) is 18.1 Å². The second kappa shape index (κ2) is 10.2. The van der Waals surface area contributed by atoms with Crippen molar-refractivity contribution >= 4 is 5.97 Å². The van der Waals surface area contributed by atoms with Crippen LogP contribution in [0.25, 0.3) is 0 Å². The first-order chi connectivity index (χ1) is 16.5. The number of rotatable bonds is 7. The van der Waals surface area contributed by atoms with Crippen molar-refractivity contribution in [1.29, 1.82) is 0 Å². The summed E-state index contributed by atoms with van der Waals surface area (Å²) in [6.07, 6.45) is 18.8. The van der Waals surface area contributed by atoms with Gasteiger partial charge in [0.25, 0.3) is 0 Å². The SMILES string of the molecule is CC(=O)OC1CCC2(C)C(=CC=C3C2CCC2(C)C3CCC2C(C)CC/C(=C/C(C)C)C(C)C)C1. The first kappa shape index (κ1) is 26.7. The van der Waals surface area contributed by atoms with Crippen LogP contribution in [0.4, 0.5) is 0 Å². The van der Waals surface area contributed by atoms with Crippen LogP contribution in [-0.4, -0.2) is 12.1 Å². The standard InChI is InChI=1S/C33H52O2/c1-21(2)19-25(22(3)4)10-9-23(5)29-13-14-30-28-12-11-26-20-27(35-24(6)34)15-17-32(26,7)31(28)16-18-33(29,30)8/h11-12,19,21-23,27,29-31H,9-10,13-18,20H2,1-8H3/b25-19-. The van der Waals surface area contributed by atoms with Gasteiger partial charge in [-0.2, -0.15) is 0 Å². The van der Waals surface area contributed by atoms with Gasteiger partial charge < -0.3 is 4.74 Å². The molecule has 3 saturated carbocycles. The minimum absolute atomic E-state index is 0.0767. The molecule has 0 amide bonds. The summed E-state index contributed by atoms with van der Waals surface area (Å²) in [4.78, 5) is 11.5. The van der Waals surface area contributed by atoms with E-state index >= 15 is 0 Å². The molecule has 35 heavy (non-hydrogen) atoms. The molecule has 0 aromatic rings. The molecule has 0 aliphatic heterocycles. The maximum absolute atomic E-state index is 11.5. The lowest BCUT2D eigenvalue weighted by Gasteiger charge is -2.55. The zero-order valence-corrected chi connectivity index (χ0v) is 24.0. The third kappa shape index (κ3) is 5.10. The Hall–Kier alpha value is -1.31. The second-order valence-electron chi connectivity index (χ2n) is 13.7. The second-order valence-corrected chi connectivity index (χ2v) is 13.7. The quantitative estimate of drug-likeness (QED) is 0.268. The summed E-state index contributed by atoms with van der Waals surface area (Å²) in [6.45, 7) is 18.6. The fourth-order valence-electron chi connectivity index (χ4n) is 8.87. The van der Waals surface area contributed by atoms with Crippen molar-refractivity contribution in [1.82, 2.24) is 0 Å². The molecule has 2 heteroatoms. The molecular formula is C33H52O2. The van der Waals surface area contributed by atoms with Gasteiger partial charge in [-0.15, -0.1) is 0 Å². The van der Waals surface area contributed by atoms with E-state index in [1.165, 1.54) is 44.1 Å². The van der Waals surface area contributed by atoms with Crippen molar-refractivity contribution < 1.29 is 9.53 Å². The Morgan fingerprint density at radius 1 is 1.03 bits per heavy atom. The Kier molecular flexibility index (Phi) is 7.81. The van der Waals surface area contributed by atoms with Crippen LogP contribution in [0.15, 0.2) is 34.9 Å². The van der Waals surface area contributed by atoms with Crippen LogP contribution in [0.1, 0.15) is 113 Å². The summed E-state index contributed by atoms with van der Waals surface area (Å²) in [5.41, 5.74) is 5.69. The molecule has 0 saturated heterocycles. The van der Waals surface area contributed by atoms with Gasteiger partial charge in [0.15, 0.2) is 0 Å². The van der Waals surface area contributed by atoms with Gasteiger partial charge in [0.05, 0.1) is 0 Å². The summed E-state index contributed by atoms with van der Waals surface area (Å²) in [6, 6.07) is 0. The fourth-order valence-corrected chi connectivity index (χ4v) is 8.87. The maximum atomic E-state index is 11.5. The Labute approximate surface area is 216 Å². The lowest BCUT2D eigenvalue weighted by atomic mass is 9.50. The Morgan fingerprint density at radius 3 is 2.43 bits per heavy atom. The number of hydrogen-bond donors (Lipinski definition) is 0. The molecule has 7 unspecified atom stereocenters. The predicted molar refractivity (Wildman–Crippen MR) is 147 cm³/mol. The fraction of sp³-hybridized carbons (Fsp3) is 0.788. The van der Waals surface area contributed by atoms with Gasteiger partial charge in [-0.3, -0.25) is 4.79 Å². The minimum atomic E-state index is -0.133. The van der Waals surface area contributed by atoms with Crippen LogP contribution >= 0.6 is 0 Å². The van der Waals surface area contributed by atoms with E-state index in [9.17, 15) is 4.79 Å². The number of allylic oxidation sites excluding steroid dienone is 5. The highest BCUT2D eigenvalue weighted by atomic mass is 16.5. The number of fused-ring (bicyclic) bond motifs is 5. The summed E-state index contributed by atoms with van der Waals surface area (Å²) in [5.74, 6) is 4.26. The van der Waals surface area contributed by atoms with Crippen LogP contribution in [0.3, 0.4) is 0 Å². The van der Waals surface area contributed by atoms with Crippen LogP contribution in [0, 0.1) is 46.3 Å². The zero-order valence-electron chi connectivity index (χ0n) is 24.0. The van der Waals surface area contributed by atoms with E-state index in [1.807, 2.05) is 0 Å². The third-order valence-electron chi connectivity index (χ3n) is 10.8. The first-order valence-corrected chi connectivity index (χ1v) is 14.7. The highest BCUT2D eigenvalue weighted by Crippen LogP contribution is 2.66. The van der Waals surface area contributed by atoms with Crippen LogP contribution in [0.5, 0.6) is 0 Å². The summed E-state index contributed by atoms with van der Waals surface area (Å²) >= 11 is 0. The van der Waals surface area contributed by atoms with Gasteiger partial charge in [0.2, 0.25) is 0 Å².